The van der Waals surface area contributed by atoms with Gasteiger partial charge in [0, 0.05) is 5.41 Å². The summed E-state index contributed by atoms with van der Waals surface area (Å²) in [6.07, 6.45) is 1.91. The minimum absolute atomic E-state index is 0.0923. The number of aliphatic hydroxyl groups excluding tert-OH is 2. The normalized spacial score (nSPS) is 12.5. The van der Waals surface area contributed by atoms with E-state index in [1.165, 1.54) is 0 Å². The Balaban J connectivity index is 4.20. The van der Waals surface area contributed by atoms with E-state index in [1.807, 2.05) is 13.8 Å². The average molecular weight is 160 g/mol. The lowest BCUT2D eigenvalue weighted by Crippen LogP contribution is -2.35. The fourth-order valence-electron chi connectivity index (χ4n) is 1.36. The molecule has 2 heteroatoms. The Hall–Kier alpha value is -0.0800. The van der Waals surface area contributed by atoms with Crippen LogP contribution in [0.3, 0.4) is 0 Å². The minimum atomic E-state index is -0.255. The van der Waals surface area contributed by atoms with Crippen LogP contribution in [0.5, 0.6) is 0 Å². The van der Waals surface area contributed by atoms with Gasteiger partial charge in [0.25, 0.3) is 0 Å². The van der Waals surface area contributed by atoms with E-state index < -0.39 is 0 Å². The molecule has 0 aliphatic heterocycles. The van der Waals surface area contributed by atoms with Gasteiger partial charge in [-0.2, -0.15) is 0 Å². The number of hydrogen-bond acceptors (Lipinski definition) is 2. The number of hydrogen-bond donors (Lipinski definition) is 2. The van der Waals surface area contributed by atoms with Gasteiger partial charge in [-0.25, -0.2) is 0 Å². The third-order valence-electron chi connectivity index (χ3n) is 2.60. The van der Waals surface area contributed by atoms with Crippen molar-refractivity contribution >= 4 is 0 Å². The van der Waals surface area contributed by atoms with Crippen LogP contribution in [-0.2, 0) is 0 Å². The van der Waals surface area contributed by atoms with Crippen molar-refractivity contribution in [2.24, 2.45) is 11.3 Å². The summed E-state index contributed by atoms with van der Waals surface area (Å²) >= 11 is 0. The first-order valence-electron chi connectivity index (χ1n) is 4.34. The molecule has 68 valence electrons. The topological polar surface area (TPSA) is 40.5 Å². The Morgan fingerprint density at radius 2 is 1.64 bits per heavy atom. The molecule has 0 fully saturated rings. The lowest BCUT2D eigenvalue weighted by molar-refractivity contribution is 0.00836. The average Bonchev–Trinajstić information content (AvgIpc) is 2.00. The van der Waals surface area contributed by atoms with Crippen LogP contribution in [0.2, 0.25) is 0 Å². The van der Waals surface area contributed by atoms with E-state index >= 15 is 0 Å². The van der Waals surface area contributed by atoms with Gasteiger partial charge in [0.15, 0.2) is 0 Å². The van der Waals surface area contributed by atoms with Crippen LogP contribution in [0.1, 0.15) is 33.6 Å². The molecule has 2 N–H and O–H groups in total. The highest BCUT2D eigenvalue weighted by Crippen LogP contribution is 2.31. The molecular weight excluding hydrogens is 140 g/mol. The zero-order valence-corrected chi connectivity index (χ0v) is 7.80. The first-order chi connectivity index (χ1) is 5.13. The SMILES string of the molecule is CCCC(CO)(CO)C(C)C. The van der Waals surface area contributed by atoms with Gasteiger partial charge in [0.05, 0.1) is 13.2 Å². The second kappa shape index (κ2) is 4.73. The van der Waals surface area contributed by atoms with E-state index in [0.29, 0.717) is 5.92 Å². The molecule has 0 aromatic heterocycles. The van der Waals surface area contributed by atoms with Crippen LogP contribution in [-0.4, -0.2) is 23.4 Å². The molecule has 0 saturated heterocycles. The first-order valence-corrected chi connectivity index (χ1v) is 4.34. The van der Waals surface area contributed by atoms with E-state index in [9.17, 15) is 0 Å². The molecule has 0 heterocycles. The second-order valence-electron chi connectivity index (χ2n) is 3.58. The monoisotopic (exact) mass is 160 g/mol. The number of aliphatic hydroxyl groups is 2. The maximum Gasteiger partial charge on any atom is 0.0511 e. The summed E-state index contributed by atoms with van der Waals surface area (Å²) in [7, 11) is 0. The van der Waals surface area contributed by atoms with Crippen LogP contribution >= 0.6 is 0 Å². The van der Waals surface area contributed by atoms with E-state index in [-0.39, 0.29) is 18.6 Å². The van der Waals surface area contributed by atoms with Crippen molar-refractivity contribution in [1.29, 1.82) is 0 Å². The van der Waals surface area contributed by atoms with Gasteiger partial charge in [-0.15, -0.1) is 0 Å². The Kier molecular flexibility index (Phi) is 4.69. The molecule has 0 unspecified atom stereocenters. The summed E-state index contributed by atoms with van der Waals surface area (Å²) in [6.45, 7) is 6.34. The van der Waals surface area contributed by atoms with Crippen molar-refractivity contribution in [1.82, 2.24) is 0 Å². The molecule has 0 spiro atoms. The quantitative estimate of drug-likeness (QED) is 0.638. The third-order valence-corrected chi connectivity index (χ3v) is 2.60. The molecule has 0 rings (SSSR count). The standard InChI is InChI=1S/C9H20O2/c1-4-5-9(6-10,7-11)8(2)3/h8,10-11H,4-7H2,1-3H3. The van der Waals surface area contributed by atoms with Gasteiger partial charge in [0.1, 0.15) is 0 Å². The molecule has 11 heavy (non-hydrogen) atoms. The highest BCUT2D eigenvalue weighted by atomic mass is 16.3. The molecule has 0 radical (unpaired) electrons. The van der Waals surface area contributed by atoms with E-state index in [1.54, 1.807) is 0 Å². The summed E-state index contributed by atoms with van der Waals surface area (Å²) in [4.78, 5) is 0. The van der Waals surface area contributed by atoms with Crippen molar-refractivity contribution in [3.8, 4) is 0 Å². The van der Waals surface area contributed by atoms with E-state index in [2.05, 4.69) is 6.92 Å². The van der Waals surface area contributed by atoms with Crippen molar-refractivity contribution < 1.29 is 10.2 Å². The van der Waals surface area contributed by atoms with Gasteiger partial charge in [-0.3, -0.25) is 0 Å². The van der Waals surface area contributed by atoms with Gasteiger partial charge in [0.2, 0.25) is 0 Å². The van der Waals surface area contributed by atoms with E-state index in [0.717, 1.165) is 12.8 Å². The molecule has 0 bridgehead atoms. The van der Waals surface area contributed by atoms with Crippen LogP contribution in [0, 0.1) is 11.3 Å². The predicted octanol–water partition coefficient (Wildman–Crippen LogP) is 1.41. The van der Waals surface area contributed by atoms with Gasteiger partial charge in [-0.1, -0.05) is 27.2 Å². The molecule has 0 aliphatic carbocycles. The minimum Gasteiger partial charge on any atom is -0.396 e. The molecule has 0 saturated carbocycles. The fraction of sp³-hybridized carbons (Fsp3) is 1.00. The third kappa shape index (κ3) is 2.46. The van der Waals surface area contributed by atoms with Crippen LogP contribution in [0.4, 0.5) is 0 Å². The van der Waals surface area contributed by atoms with Crippen molar-refractivity contribution in [2.45, 2.75) is 33.6 Å². The van der Waals surface area contributed by atoms with Crippen LogP contribution in [0.15, 0.2) is 0 Å². The molecule has 2 nitrogen and oxygen atoms in total. The van der Waals surface area contributed by atoms with Gasteiger partial charge >= 0.3 is 0 Å². The first kappa shape index (κ1) is 10.9. The lowest BCUT2D eigenvalue weighted by atomic mass is 9.75. The fourth-order valence-corrected chi connectivity index (χ4v) is 1.36. The van der Waals surface area contributed by atoms with Crippen molar-refractivity contribution in [2.75, 3.05) is 13.2 Å². The summed E-state index contributed by atoms with van der Waals surface area (Å²) in [5.41, 5.74) is -0.255. The summed E-state index contributed by atoms with van der Waals surface area (Å²) in [5, 5.41) is 18.2. The van der Waals surface area contributed by atoms with Crippen LogP contribution in [0.25, 0.3) is 0 Å². The Labute approximate surface area is 69.2 Å². The highest BCUT2D eigenvalue weighted by molar-refractivity contribution is 4.80. The molecular formula is C9H20O2. The summed E-state index contributed by atoms with van der Waals surface area (Å²) < 4.78 is 0. The van der Waals surface area contributed by atoms with Crippen molar-refractivity contribution in [3.63, 3.8) is 0 Å². The zero-order valence-electron chi connectivity index (χ0n) is 7.80. The lowest BCUT2D eigenvalue weighted by Gasteiger charge is -2.33. The smallest absolute Gasteiger partial charge is 0.0511 e. The maximum absolute atomic E-state index is 9.12. The predicted molar refractivity (Wildman–Crippen MR) is 46.4 cm³/mol. The van der Waals surface area contributed by atoms with E-state index in [4.69, 9.17) is 10.2 Å². The highest BCUT2D eigenvalue weighted by Gasteiger charge is 2.31. The Morgan fingerprint density at radius 1 is 1.18 bits per heavy atom. The van der Waals surface area contributed by atoms with Gasteiger partial charge in [-0.05, 0) is 12.3 Å². The number of rotatable bonds is 5. The molecule has 0 atom stereocenters. The van der Waals surface area contributed by atoms with Gasteiger partial charge < -0.3 is 10.2 Å². The Morgan fingerprint density at radius 3 is 1.73 bits per heavy atom. The largest absolute Gasteiger partial charge is 0.396 e. The second-order valence-corrected chi connectivity index (χ2v) is 3.58. The van der Waals surface area contributed by atoms with Crippen LogP contribution < -0.4 is 0 Å². The van der Waals surface area contributed by atoms with Crippen molar-refractivity contribution in [3.05, 3.63) is 0 Å². The molecule has 0 aliphatic rings. The maximum atomic E-state index is 9.12. The zero-order chi connectivity index (χ0) is 8.91. The molecule has 0 aromatic carbocycles. The summed E-state index contributed by atoms with van der Waals surface area (Å²) in [6, 6.07) is 0. The molecule has 0 amide bonds. The molecule has 0 aromatic rings. The Bertz CT molecular complexity index is 95.7. The summed E-state index contributed by atoms with van der Waals surface area (Å²) in [5.74, 6) is 0.345.